The maximum Gasteiger partial charge on any atom is 0.123 e. The minimum Gasteiger partial charge on any atom is -0.374 e. The highest BCUT2D eigenvalue weighted by Gasteiger charge is 2.41. The van der Waals surface area contributed by atoms with Crippen LogP contribution in [0.4, 0.5) is 4.39 Å². The van der Waals surface area contributed by atoms with Gasteiger partial charge < -0.3 is 18.9 Å². The molecule has 1 aliphatic heterocycles. The Morgan fingerprint density at radius 3 is 1.98 bits per heavy atom. The molecule has 1 aromatic heterocycles. The average molecular weight is 699 g/mol. The van der Waals surface area contributed by atoms with Gasteiger partial charge in [-0.3, -0.25) is 0 Å². The van der Waals surface area contributed by atoms with Gasteiger partial charge in [0.2, 0.25) is 0 Å². The van der Waals surface area contributed by atoms with Gasteiger partial charge in [-0.05, 0) is 70.1 Å². The maximum atomic E-state index is 13.5. The molecule has 1 saturated heterocycles. The van der Waals surface area contributed by atoms with Crippen molar-refractivity contribution in [3.8, 4) is 10.4 Å². The molecule has 0 unspecified atom stereocenters. The number of halogens is 1. The van der Waals surface area contributed by atoms with E-state index in [1.165, 1.54) is 28.1 Å². The third kappa shape index (κ3) is 9.47. The summed E-state index contributed by atoms with van der Waals surface area (Å²) in [7, 11) is 0. The Morgan fingerprint density at radius 1 is 0.686 bits per heavy atom. The molecule has 7 rings (SSSR count). The largest absolute Gasteiger partial charge is 0.374 e. The van der Waals surface area contributed by atoms with Gasteiger partial charge >= 0.3 is 0 Å². The zero-order valence-electron chi connectivity index (χ0n) is 28.8. The quantitative estimate of drug-likeness (QED) is 0.113. The van der Waals surface area contributed by atoms with Gasteiger partial charge in [0.1, 0.15) is 18.0 Å². The molecule has 1 aliphatic rings. The molecule has 260 valence electrons. The molecule has 51 heavy (non-hydrogen) atoms. The van der Waals surface area contributed by atoms with E-state index in [1.807, 2.05) is 66.7 Å². The van der Waals surface area contributed by atoms with Gasteiger partial charge in [-0.25, -0.2) is 4.39 Å². The minimum atomic E-state index is -0.350. The lowest BCUT2D eigenvalue weighted by Crippen LogP contribution is -2.50. The van der Waals surface area contributed by atoms with Crippen LogP contribution in [-0.2, 0) is 45.2 Å². The Bertz CT molecular complexity index is 1950. The Labute approximate surface area is 304 Å². The fourth-order valence-electron chi connectivity index (χ4n) is 6.58. The number of hydrogen-bond donors (Lipinski definition) is 0. The van der Waals surface area contributed by atoms with E-state index in [2.05, 4.69) is 73.7 Å². The van der Waals surface area contributed by atoms with Crippen LogP contribution >= 0.6 is 11.3 Å². The van der Waals surface area contributed by atoms with Crippen molar-refractivity contribution in [2.24, 2.45) is 0 Å². The molecule has 0 spiro atoms. The van der Waals surface area contributed by atoms with E-state index in [-0.39, 0.29) is 30.2 Å². The molecule has 0 N–H and O–H groups in total. The zero-order valence-corrected chi connectivity index (χ0v) is 29.6. The van der Waals surface area contributed by atoms with Gasteiger partial charge in [0, 0.05) is 22.6 Å². The van der Waals surface area contributed by atoms with E-state index < -0.39 is 0 Å². The second kappa shape index (κ2) is 17.2. The number of thiophene rings is 1. The van der Waals surface area contributed by atoms with Crippen LogP contribution in [0.1, 0.15) is 50.8 Å². The fourth-order valence-corrected chi connectivity index (χ4v) is 7.61. The van der Waals surface area contributed by atoms with Crippen LogP contribution < -0.4 is 0 Å². The molecule has 5 aromatic carbocycles. The zero-order chi connectivity index (χ0) is 34.8. The number of aryl methyl sites for hydroxylation is 1. The van der Waals surface area contributed by atoms with E-state index in [0.29, 0.717) is 32.8 Å². The molecule has 0 bridgehead atoms. The molecule has 0 saturated carbocycles. The number of rotatable bonds is 14. The normalized spacial score (nSPS) is 18.9. The van der Waals surface area contributed by atoms with Crippen molar-refractivity contribution in [1.82, 2.24) is 0 Å². The second-order valence-electron chi connectivity index (χ2n) is 13.1. The smallest absolute Gasteiger partial charge is 0.123 e. The first-order valence-electron chi connectivity index (χ1n) is 17.6. The molecular weight excluding hydrogens is 656 g/mol. The van der Waals surface area contributed by atoms with Crippen LogP contribution in [0.5, 0.6) is 0 Å². The summed E-state index contributed by atoms with van der Waals surface area (Å²) >= 11 is 1.75. The first-order chi connectivity index (χ1) is 25.1. The van der Waals surface area contributed by atoms with Crippen molar-refractivity contribution in [1.29, 1.82) is 0 Å². The van der Waals surface area contributed by atoms with Crippen LogP contribution in [0.15, 0.2) is 146 Å². The molecule has 0 radical (unpaired) electrons. The predicted molar refractivity (Wildman–Crippen MR) is 202 cm³/mol. The lowest BCUT2D eigenvalue weighted by Gasteiger charge is -2.42. The first kappa shape index (κ1) is 35.0. The lowest BCUT2D eigenvalue weighted by atomic mass is 9.91. The summed E-state index contributed by atoms with van der Waals surface area (Å²) < 4.78 is 40.2. The monoisotopic (exact) mass is 698 g/mol. The van der Waals surface area contributed by atoms with E-state index in [1.54, 1.807) is 11.3 Å². The third-order valence-corrected chi connectivity index (χ3v) is 10.5. The molecule has 0 amide bonds. The number of ether oxygens (including phenoxy) is 4. The Kier molecular flexibility index (Phi) is 11.8. The summed E-state index contributed by atoms with van der Waals surface area (Å²) in [6.45, 7) is 3.96. The fraction of sp³-hybridized carbons (Fsp3) is 0.244. The number of hydrogen-bond acceptors (Lipinski definition) is 5. The van der Waals surface area contributed by atoms with Crippen molar-refractivity contribution < 1.29 is 23.3 Å². The molecule has 1 fully saturated rings. The van der Waals surface area contributed by atoms with Crippen molar-refractivity contribution >= 4 is 11.3 Å². The van der Waals surface area contributed by atoms with Crippen molar-refractivity contribution in [3.63, 3.8) is 0 Å². The lowest BCUT2D eigenvalue weighted by molar-refractivity contribution is -0.222. The van der Waals surface area contributed by atoms with Gasteiger partial charge in [0.25, 0.3) is 0 Å². The first-order valence-corrected chi connectivity index (χ1v) is 18.4. The van der Waals surface area contributed by atoms with Crippen molar-refractivity contribution in [2.45, 2.75) is 64.0 Å². The van der Waals surface area contributed by atoms with Crippen molar-refractivity contribution in [3.05, 3.63) is 190 Å². The van der Waals surface area contributed by atoms with Crippen LogP contribution in [0.2, 0.25) is 0 Å². The van der Waals surface area contributed by atoms with Gasteiger partial charge in [0.15, 0.2) is 0 Å². The Balaban J connectivity index is 1.13. The van der Waals surface area contributed by atoms with Gasteiger partial charge in [-0.2, -0.15) is 0 Å². The minimum absolute atomic E-state index is 0.204. The van der Waals surface area contributed by atoms with E-state index in [9.17, 15) is 4.39 Å². The molecule has 4 atom stereocenters. The van der Waals surface area contributed by atoms with Crippen molar-refractivity contribution in [2.75, 3.05) is 6.61 Å². The van der Waals surface area contributed by atoms with Gasteiger partial charge in [-0.1, -0.05) is 121 Å². The van der Waals surface area contributed by atoms with Gasteiger partial charge in [-0.15, -0.1) is 11.3 Å². The van der Waals surface area contributed by atoms with Crippen LogP contribution in [-0.4, -0.2) is 24.9 Å². The van der Waals surface area contributed by atoms with E-state index in [0.717, 1.165) is 39.1 Å². The summed E-state index contributed by atoms with van der Waals surface area (Å²) in [4.78, 5) is 2.39. The Hall–Kier alpha value is -4.43. The van der Waals surface area contributed by atoms with E-state index in [4.69, 9.17) is 18.9 Å². The second-order valence-corrected chi connectivity index (χ2v) is 14.3. The predicted octanol–water partition coefficient (Wildman–Crippen LogP) is 10.7. The molecule has 2 heterocycles. The summed E-state index contributed by atoms with van der Waals surface area (Å²) in [6.07, 6.45) is 0.346. The van der Waals surface area contributed by atoms with Gasteiger partial charge in [0.05, 0.1) is 38.6 Å². The summed E-state index contributed by atoms with van der Waals surface area (Å²) in [6, 6.07) is 48.4. The summed E-state index contributed by atoms with van der Waals surface area (Å²) in [5.74, 6) is -0.223. The highest BCUT2D eigenvalue weighted by molar-refractivity contribution is 7.15. The summed E-state index contributed by atoms with van der Waals surface area (Å²) in [5, 5.41) is 0. The summed E-state index contributed by atoms with van der Waals surface area (Å²) in [5.41, 5.74) is 7.97. The standard InChI is InChI=1S/C45H43FO4S/c1-32-17-18-37(25-38(32)26-40-23-24-44(51-40)36-19-21-39(46)22-20-36)41-27-42(48-29-34-13-7-3-8-14-34)45(49-30-35-15-9-4-10-16-35)43(50-41)31-47-28-33-11-5-2-6-12-33/h2-25,41-43,45H,26-31H2,1H3/t41-,42+,43+,45-/m0/s1. The molecule has 6 heteroatoms. The highest BCUT2D eigenvalue weighted by Crippen LogP contribution is 2.37. The van der Waals surface area contributed by atoms with E-state index >= 15 is 0 Å². The number of benzene rings is 5. The maximum absolute atomic E-state index is 13.5. The van der Waals surface area contributed by atoms with Crippen LogP contribution in [0.25, 0.3) is 10.4 Å². The average Bonchev–Trinajstić information content (AvgIpc) is 3.64. The highest BCUT2D eigenvalue weighted by atomic mass is 32.1. The third-order valence-electron chi connectivity index (χ3n) is 9.40. The molecule has 4 nitrogen and oxygen atoms in total. The van der Waals surface area contributed by atoms with Crippen LogP contribution in [0.3, 0.4) is 0 Å². The molecule has 0 aliphatic carbocycles. The Morgan fingerprint density at radius 2 is 1.31 bits per heavy atom. The molecule has 6 aromatic rings. The topological polar surface area (TPSA) is 36.9 Å². The SMILES string of the molecule is Cc1ccc([C@@H]2C[C@@H](OCc3ccccc3)[C@H](OCc3ccccc3)[C@@H](COCc3ccccc3)O2)cc1Cc1ccc(-c2ccc(F)cc2)s1. The van der Waals surface area contributed by atoms with Crippen LogP contribution in [0, 0.1) is 12.7 Å². The molecular formula is C45H43FO4S.